The number of rotatable bonds is 1. The second-order valence-corrected chi connectivity index (χ2v) is 3.66. The molecule has 0 unspecified atom stereocenters. The fourth-order valence-corrected chi connectivity index (χ4v) is 2.27. The van der Waals surface area contributed by atoms with Crippen LogP contribution in [-0.4, -0.2) is 23.0 Å². The molecule has 2 fully saturated rings. The highest BCUT2D eigenvalue weighted by Gasteiger charge is 2.43. The molecular formula is C8H11NO3. The highest BCUT2D eigenvalue weighted by molar-refractivity contribution is 5.80. The average molecular weight is 169 g/mol. The zero-order valence-corrected chi connectivity index (χ0v) is 6.62. The van der Waals surface area contributed by atoms with Crippen LogP contribution in [0.1, 0.15) is 19.3 Å². The Kier molecular flexibility index (Phi) is 1.56. The van der Waals surface area contributed by atoms with Gasteiger partial charge < -0.3 is 10.4 Å². The molecule has 2 N–H and O–H groups in total. The van der Waals surface area contributed by atoms with Gasteiger partial charge in [-0.25, -0.2) is 0 Å². The molecule has 12 heavy (non-hydrogen) atoms. The number of nitrogens with one attached hydrogen (secondary N) is 1. The lowest BCUT2D eigenvalue weighted by atomic mass is 10.0. The summed E-state index contributed by atoms with van der Waals surface area (Å²) < 4.78 is 0. The molecule has 4 nitrogen and oxygen atoms in total. The molecule has 1 aliphatic carbocycles. The largest absolute Gasteiger partial charge is 0.481 e. The van der Waals surface area contributed by atoms with Gasteiger partial charge in [-0.1, -0.05) is 0 Å². The summed E-state index contributed by atoms with van der Waals surface area (Å²) in [6.07, 6.45) is 2.03. The molecule has 1 saturated carbocycles. The van der Waals surface area contributed by atoms with Crippen LogP contribution in [0.5, 0.6) is 0 Å². The van der Waals surface area contributed by atoms with E-state index in [2.05, 4.69) is 5.32 Å². The van der Waals surface area contributed by atoms with Gasteiger partial charge in [0.1, 0.15) is 0 Å². The van der Waals surface area contributed by atoms with Crippen molar-refractivity contribution >= 4 is 11.9 Å². The number of fused-ring (bicyclic) bond motifs is 2. The van der Waals surface area contributed by atoms with Crippen LogP contribution < -0.4 is 5.32 Å². The van der Waals surface area contributed by atoms with E-state index in [0.717, 1.165) is 6.42 Å². The Morgan fingerprint density at radius 3 is 2.92 bits per heavy atom. The van der Waals surface area contributed by atoms with E-state index in [1.54, 1.807) is 0 Å². The predicted molar refractivity (Wildman–Crippen MR) is 40.4 cm³/mol. The number of aliphatic carboxylic acids is 1. The number of hydrogen-bond donors (Lipinski definition) is 2. The summed E-state index contributed by atoms with van der Waals surface area (Å²) >= 11 is 0. The number of carbonyl (C=O) groups excluding carboxylic acids is 1. The van der Waals surface area contributed by atoms with Gasteiger partial charge in [-0.05, 0) is 18.8 Å². The maximum atomic E-state index is 11.0. The van der Waals surface area contributed by atoms with Crippen LogP contribution in [0.3, 0.4) is 0 Å². The first kappa shape index (κ1) is 7.58. The lowest BCUT2D eigenvalue weighted by molar-refractivity contribution is -0.142. The van der Waals surface area contributed by atoms with Gasteiger partial charge in [-0.2, -0.15) is 0 Å². The fourth-order valence-electron chi connectivity index (χ4n) is 2.27. The monoisotopic (exact) mass is 169 g/mol. The molecule has 66 valence electrons. The molecule has 0 radical (unpaired) electrons. The van der Waals surface area contributed by atoms with Crippen molar-refractivity contribution in [1.29, 1.82) is 0 Å². The molecule has 3 atom stereocenters. The standard InChI is InChI=1S/C8H11NO3/c10-7-3-4-1-5(8(11)12)6(2-4)9-7/h4-6H,1-3H2,(H,9,10)(H,11,12)/t4-,5-,6+/m1/s1. The smallest absolute Gasteiger partial charge is 0.308 e. The van der Waals surface area contributed by atoms with Crippen LogP contribution in [0.4, 0.5) is 0 Å². The first-order chi connectivity index (χ1) is 5.66. The second kappa shape index (κ2) is 2.47. The molecule has 1 heterocycles. The SMILES string of the molecule is O=C1C[C@H]2C[C@H](N1)[C@H](C(=O)O)C2. The lowest BCUT2D eigenvalue weighted by Gasteiger charge is -2.20. The molecule has 2 rings (SSSR count). The fraction of sp³-hybridized carbons (Fsp3) is 0.750. The van der Waals surface area contributed by atoms with Crippen molar-refractivity contribution < 1.29 is 14.7 Å². The summed E-state index contributed by atoms with van der Waals surface area (Å²) in [6, 6.07) is -0.103. The molecule has 0 spiro atoms. The summed E-state index contributed by atoms with van der Waals surface area (Å²) in [5, 5.41) is 11.5. The molecule has 4 heteroatoms. The number of carboxylic acids is 1. The second-order valence-electron chi connectivity index (χ2n) is 3.66. The van der Waals surface area contributed by atoms with E-state index in [1.807, 2.05) is 0 Å². The first-order valence-corrected chi connectivity index (χ1v) is 4.19. The Labute approximate surface area is 69.9 Å². The molecule has 0 aromatic heterocycles. The van der Waals surface area contributed by atoms with Crippen molar-refractivity contribution in [3.8, 4) is 0 Å². The normalized spacial score (nSPS) is 39.3. The van der Waals surface area contributed by atoms with Gasteiger partial charge in [0.15, 0.2) is 0 Å². The summed E-state index contributed by atoms with van der Waals surface area (Å²) in [4.78, 5) is 21.7. The van der Waals surface area contributed by atoms with Crippen LogP contribution >= 0.6 is 0 Å². The Morgan fingerprint density at radius 2 is 2.25 bits per heavy atom. The zero-order chi connectivity index (χ0) is 8.72. The predicted octanol–water partition coefficient (Wildman–Crippen LogP) is -0.0143. The maximum absolute atomic E-state index is 11.0. The summed E-state index contributed by atoms with van der Waals surface area (Å²) in [6.45, 7) is 0. The minimum absolute atomic E-state index is 0.0139. The quantitative estimate of drug-likeness (QED) is 0.580. The Hall–Kier alpha value is -1.06. The highest BCUT2D eigenvalue weighted by atomic mass is 16.4. The first-order valence-electron chi connectivity index (χ1n) is 4.19. The molecule has 1 aliphatic heterocycles. The van der Waals surface area contributed by atoms with E-state index >= 15 is 0 Å². The number of carbonyl (C=O) groups is 2. The van der Waals surface area contributed by atoms with Gasteiger partial charge in [0.05, 0.1) is 5.92 Å². The van der Waals surface area contributed by atoms with Crippen LogP contribution in [0.2, 0.25) is 0 Å². The zero-order valence-electron chi connectivity index (χ0n) is 6.62. The van der Waals surface area contributed by atoms with Crippen LogP contribution in [0.15, 0.2) is 0 Å². The van der Waals surface area contributed by atoms with E-state index in [-0.39, 0.29) is 17.9 Å². The van der Waals surface area contributed by atoms with E-state index < -0.39 is 5.97 Å². The summed E-state index contributed by atoms with van der Waals surface area (Å²) in [5.41, 5.74) is 0. The van der Waals surface area contributed by atoms with Gasteiger partial charge in [-0.3, -0.25) is 9.59 Å². The number of carboxylic acid groups (broad SMARTS) is 1. The minimum Gasteiger partial charge on any atom is -0.481 e. The molecule has 0 aromatic rings. The molecule has 2 aliphatic rings. The Morgan fingerprint density at radius 1 is 1.50 bits per heavy atom. The van der Waals surface area contributed by atoms with Crippen molar-refractivity contribution in [2.45, 2.75) is 25.3 Å². The van der Waals surface area contributed by atoms with E-state index in [1.165, 1.54) is 0 Å². The minimum atomic E-state index is -0.773. The Bertz CT molecular complexity index is 238. The molecule has 0 aromatic carbocycles. The third-order valence-electron chi connectivity index (χ3n) is 2.80. The maximum Gasteiger partial charge on any atom is 0.308 e. The average Bonchev–Trinajstić information content (AvgIpc) is 2.26. The highest BCUT2D eigenvalue weighted by Crippen LogP contribution is 2.36. The van der Waals surface area contributed by atoms with E-state index in [9.17, 15) is 9.59 Å². The number of piperidine rings is 1. The van der Waals surface area contributed by atoms with Crippen molar-refractivity contribution in [3.63, 3.8) is 0 Å². The van der Waals surface area contributed by atoms with Crippen molar-refractivity contribution in [2.75, 3.05) is 0 Å². The molecule has 2 bridgehead atoms. The van der Waals surface area contributed by atoms with E-state index in [4.69, 9.17) is 5.11 Å². The van der Waals surface area contributed by atoms with Gasteiger partial charge in [0, 0.05) is 12.5 Å². The molecule has 1 saturated heterocycles. The summed E-state index contributed by atoms with van der Waals surface area (Å²) in [7, 11) is 0. The molecular weight excluding hydrogens is 158 g/mol. The third-order valence-corrected chi connectivity index (χ3v) is 2.80. The van der Waals surface area contributed by atoms with Crippen LogP contribution in [-0.2, 0) is 9.59 Å². The van der Waals surface area contributed by atoms with Crippen molar-refractivity contribution in [1.82, 2.24) is 5.32 Å². The van der Waals surface area contributed by atoms with Crippen molar-refractivity contribution in [3.05, 3.63) is 0 Å². The summed E-state index contributed by atoms with van der Waals surface area (Å²) in [5.74, 6) is -0.795. The third kappa shape index (κ3) is 1.07. The topological polar surface area (TPSA) is 66.4 Å². The number of amides is 1. The van der Waals surface area contributed by atoms with Crippen molar-refractivity contribution in [2.24, 2.45) is 11.8 Å². The van der Waals surface area contributed by atoms with Gasteiger partial charge in [0.25, 0.3) is 0 Å². The van der Waals surface area contributed by atoms with Crippen LogP contribution in [0.25, 0.3) is 0 Å². The van der Waals surface area contributed by atoms with Gasteiger partial charge in [-0.15, -0.1) is 0 Å². The lowest BCUT2D eigenvalue weighted by Crippen LogP contribution is -2.42. The van der Waals surface area contributed by atoms with Gasteiger partial charge >= 0.3 is 5.97 Å². The van der Waals surface area contributed by atoms with Gasteiger partial charge in [0.2, 0.25) is 5.91 Å². The van der Waals surface area contributed by atoms with Crippen LogP contribution in [0, 0.1) is 11.8 Å². The molecule has 1 amide bonds. The number of hydrogen-bond acceptors (Lipinski definition) is 2. The van der Waals surface area contributed by atoms with E-state index in [0.29, 0.717) is 18.8 Å². The Balaban J connectivity index is 2.14.